The van der Waals surface area contributed by atoms with Crippen LogP contribution in [0.3, 0.4) is 0 Å². The van der Waals surface area contributed by atoms with Gasteiger partial charge in [-0.2, -0.15) is 0 Å². The van der Waals surface area contributed by atoms with Crippen LogP contribution >= 0.6 is 11.3 Å². The number of nitrogens with one attached hydrogen (secondary N) is 2. The third-order valence-electron chi connectivity index (χ3n) is 4.03. The Morgan fingerprint density at radius 1 is 1.28 bits per heavy atom. The summed E-state index contributed by atoms with van der Waals surface area (Å²) in [5, 5.41) is 6.78. The number of rotatable bonds is 8. The minimum absolute atomic E-state index is 0.118. The first-order valence-corrected chi connectivity index (χ1v) is 11.4. The SMILES string of the molecule is CCNC(=NCCCNS(=O)(=O)CC)N1CCN(c2cccs2)CC1. The first-order valence-electron chi connectivity index (χ1n) is 8.84. The van der Waals surface area contributed by atoms with Gasteiger partial charge in [-0.1, -0.05) is 0 Å². The van der Waals surface area contributed by atoms with E-state index < -0.39 is 10.0 Å². The Bertz CT molecular complexity index is 623. The molecule has 0 aromatic carbocycles. The van der Waals surface area contributed by atoms with E-state index in [1.54, 1.807) is 18.3 Å². The average Bonchev–Trinajstić information content (AvgIpc) is 3.15. The van der Waals surface area contributed by atoms with Crippen molar-refractivity contribution in [3.8, 4) is 0 Å². The van der Waals surface area contributed by atoms with Crippen LogP contribution < -0.4 is 14.9 Å². The second-order valence-corrected chi connectivity index (χ2v) is 8.83. The molecule has 2 heterocycles. The summed E-state index contributed by atoms with van der Waals surface area (Å²) in [5.41, 5.74) is 0. The Morgan fingerprint density at radius 2 is 2.04 bits per heavy atom. The molecule has 25 heavy (non-hydrogen) atoms. The molecule has 7 nitrogen and oxygen atoms in total. The highest BCUT2D eigenvalue weighted by Gasteiger charge is 2.20. The topological polar surface area (TPSA) is 77.0 Å². The van der Waals surface area contributed by atoms with E-state index in [1.165, 1.54) is 5.00 Å². The minimum atomic E-state index is -3.11. The van der Waals surface area contributed by atoms with Gasteiger partial charge in [-0.05, 0) is 37.8 Å². The van der Waals surface area contributed by atoms with Crippen LogP contribution in [0.2, 0.25) is 0 Å². The highest BCUT2D eigenvalue weighted by atomic mass is 32.2. The lowest BCUT2D eigenvalue weighted by Crippen LogP contribution is -2.52. The summed E-state index contributed by atoms with van der Waals surface area (Å²) >= 11 is 1.78. The first kappa shape index (κ1) is 20.0. The fourth-order valence-corrected chi connectivity index (χ4v) is 4.05. The Morgan fingerprint density at radius 3 is 2.64 bits per heavy atom. The Labute approximate surface area is 155 Å². The minimum Gasteiger partial charge on any atom is -0.360 e. The van der Waals surface area contributed by atoms with Crippen molar-refractivity contribution in [2.24, 2.45) is 4.99 Å². The maximum absolute atomic E-state index is 11.4. The number of hydrogen-bond donors (Lipinski definition) is 2. The van der Waals surface area contributed by atoms with Gasteiger partial charge in [-0.25, -0.2) is 13.1 Å². The molecule has 0 saturated carbocycles. The van der Waals surface area contributed by atoms with E-state index in [-0.39, 0.29) is 5.75 Å². The summed E-state index contributed by atoms with van der Waals surface area (Å²) in [4.78, 5) is 9.34. The fraction of sp³-hybridized carbons (Fsp3) is 0.688. The molecular formula is C16H29N5O2S2. The molecule has 0 atom stereocenters. The molecule has 142 valence electrons. The first-order chi connectivity index (χ1) is 12.1. The predicted molar refractivity (Wildman–Crippen MR) is 106 cm³/mol. The van der Waals surface area contributed by atoms with Gasteiger partial charge in [-0.15, -0.1) is 11.3 Å². The zero-order valence-electron chi connectivity index (χ0n) is 15.1. The maximum Gasteiger partial charge on any atom is 0.211 e. The number of sulfonamides is 1. The quantitative estimate of drug-likeness (QED) is 0.398. The largest absolute Gasteiger partial charge is 0.360 e. The molecule has 2 N–H and O–H groups in total. The van der Waals surface area contributed by atoms with Crippen LogP contribution in [0, 0.1) is 0 Å². The summed E-state index contributed by atoms with van der Waals surface area (Å²) in [6.45, 7) is 9.42. The number of hydrogen-bond acceptors (Lipinski definition) is 5. The summed E-state index contributed by atoms with van der Waals surface area (Å²) in [7, 11) is -3.11. The molecule has 9 heteroatoms. The van der Waals surface area contributed by atoms with Gasteiger partial charge in [0.2, 0.25) is 10.0 Å². The van der Waals surface area contributed by atoms with Gasteiger partial charge in [0.25, 0.3) is 0 Å². The van der Waals surface area contributed by atoms with Crippen molar-refractivity contribution >= 4 is 32.3 Å². The number of piperazine rings is 1. The van der Waals surface area contributed by atoms with Gasteiger partial charge in [0, 0.05) is 45.8 Å². The van der Waals surface area contributed by atoms with Crippen molar-refractivity contribution in [2.75, 3.05) is 56.5 Å². The molecule has 0 amide bonds. The van der Waals surface area contributed by atoms with Crippen LogP contribution in [-0.2, 0) is 10.0 Å². The second-order valence-electron chi connectivity index (χ2n) is 5.81. The van der Waals surface area contributed by atoms with Crippen molar-refractivity contribution in [1.82, 2.24) is 14.9 Å². The molecule has 0 unspecified atom stereocenters. The standard InChI is InChI=1S/C16H29N5O2S2/c1-3-17-16(18-8-6-9-19-25(22,23)4-2)21-12-10-20(11-13-21)15-7-5-14-24-15/h5,7,14,19H,3-4,6,8-13H2,1-2H3,(H,17,18). The molecule has 1 aromatic heterocycles. The summed E-state index contributed by atoms with van der Waals surface area (Å²) in [6, 6.07) is 4.25. The second kappa shape index (κ2) is 9.98. The zero-order valence-corrected chi connectivity index (χ0v) is 16.7. The zero-order chi connectivity index (χ0) is 18.1. The van der Waals surface area contributed by atoms with Crippen LogP contribution in [-0.4, -0.2) is 70.8 Å². The van der Waals surface area contributed by atoms with Crippen molar-refractivity contribution in [1.29, 1.82) is 0 Å². The molecule has 0 aliphatic carbocycles. The van der Waals surface area contributed by atoms with E-state index >= 15 is 0 Å². The Kier molecular flexibility index (Phi) is 7.98. The smallest absolute Gasteiger partial charge is 0.211 e. The molecular weight excluding hydrogens is 358 g/mol. The summed E-state index contributed by atoms with van der Waals surface area (Å²) in [5.74, 6) is 1.04. The molecule has 2 rings (SSSR count). The van der Waals surface area contributed by atoms with Gasteiger partial charge in [0.1, 0.15) is 0 Å². The van der Waals surface area contributed by atoms with Crippen molar-refractivity contribution in [3.05, 3.63) is 17.5 Å². The van der Waals surface area contributed by atoms with Gasteiger partial charge in [-0.3, -0.25) is 4.99 Å². The van der Waals surface area contributed by atoms with E-state index in [1.807, 2.05) is 0 Å². The molecule has 0 bridgehead atoms. The van der Waals surface area contributed by atoms with E-state index in [0.29, 0.717) is 19.5 Å². The number of thiophene rings is 1. The fourth-order valence-electron chi connectivity index (χ4n) is 2.61. The van der Waals surface area contributed by atoms with E-state index in [4.69, 9.17) is 0 Å². The van der Waals surface area contributed by atoms with Gasteiger partial charge in [0.15, 0.2) is 5.96 Å². The number of anilines is 1. The number of aliphatic imine (C=N–C) groups is 1. The molecule has 1 aliphatic rings. The molecule has 1 aliphatic heterocycles. The lowest BCUT2D eigenvalue weighted by atomic mass is 10.3. The van der Waals surface area contributed by atoms with Gasteiger partial charge >= 0.3 is 0 Å². The predicted octanol–water partition coefficient (Wildman–Crippen LogP) is 1.17. The molecule has 1 aromatic rings. The van der Waals surface area contributed by atoms with Crippen LogP contribution in [0.25, 0.3) is 0 Å². The van der Waals surface area contributed by atoms with E-state index in [9.17, 15) is 8.42 Å². The molecule has 1 saturated heterocycles. The van der Waals surface area contributed by atoms with Gasteiger partial charge < -0.3 is 15.1 Å². The average molecular weight is 388 g/mol. The number of nitrogens with zero attached hydrogens (tertiary/aromatic N) is 3. The lowest BCUT2D eigenvalue weighted by Gasteiger charge is -2.37. The van der Waals surface area contributed by atoms with Crippen molar-refractivity contribution in [2.45, 2.75) is 20.3 Å². The maximum atomic E-state index is 11.4. The van der Waals surface area contributed by atoms with Crippen molar-refractivity contribution < 1.29 is 8.42 Å². The van der Waals surface area contributed by atoms with E-state index in [0.717, 1.165) is 38.7 Å². The molecule has 0 spiro atoms. The lowest BCUT2D eigenvalue weighted by molar-refractivity contribution is 0.373. The van der Waals surface area contributed by atoms with Crippen LogP contribution in [0.1, 0.15) is 20.3 Å². The van der Waals surface area contributed by atoms with E-state index in [2.05, 4.69) is 49.3 Å². The van der Waals surface area contributed by atoms with Crippen LogP contribution in [0.15, 0.2) is 22.5 Å². The Balaban J connectivity index is 1.79. The van der Waals surface area contributed by atoms with Gasteiger partial charge in [0.05, 0.1) is 10.8 Å². The highest BCUT2D eigenvalue weighted by Crippen LogP contribution is 2.22. The normalized spacial score (nSPS) is 16.3. The van der Waals surface area contributed by atoms with Crippen LogP contribution in [0.4, 0.5) is 5.00 Å². The third-order valence-corrected chi connectivity index (χ3v) is 6.36. The Hall–Kier alpha value is -1.32. The van der Waals surface area contributed by atoms with Crippen LogP contribution in [0.5, 0.6) is 0 Å². The summed E-state index contributed by atoms with van der Waals surface area (Å²) in [6.07, 6.45) is 0.698. The molecule has 0 radical (unpaired) electrons. The van der Waals surface area contributed by atoms with Crippen molar-refractivity contribution in [3.63, 3.8) is 0 Å². The highest BCUT2D eigenvalue weighted by molar-refractivity contribution is 7.89. The number of guanidine groups is 1. The third kappa shape index (κ3) is 6.48. The molecule has 1 fully saturated rings. The summed E-state index contributed by atoms with van der Waals surface area (Å²) < 4.78 is 25.4. The monoisotopic (exact) mass is 387 g/mol.